The molecule has 8 heteroatoms. The van der Waals surface area contributed by atoms with Crippen LogP contribution >= 0.6 is 15.9 Å². The molecule has 128 valence electrons. The maximum atomic E-state index is 12.3. The first-order chi connectivity index (χ1) is 11.4. The number of rotatable bonds is 5. The average Bonchev–Trinajstić information content (AvgIpc) is 2.44. The highest BCUT2D eigenvalue weighted by Gasteiger charge is 2.31. The van der Waals surface area contributed by atoms with Gasteiger partial charge in [-0.05, 0) is 30.3 Å². The highest BCUT2D eigenvalue weighted by Crippen LogP contribution is 2.36. The van der Waals surface area contributed by atoms with E-state index in [0.29, 0.717) is 11.5 Å². The average molecular weight is 404 g/mol. The topological polar surface area (TPSA) is 39.7 Å². The molecule has 24 heavy (non-hydrogen) atoms. The van der Waals surface area contributed by atoms with Crippen LogP contribution in [0.25, 0.3) is 0 Å². The van der Waals surface area contributed by atoms with Crippen LogP contribution in [0.1, 0.15) is 0 Å². The summed E-state index contributed by atoms with van der Waals surface area (Å²) in [7, 11) is 0. The molecule has 0 amide bonds. The predicted molar refractivity (Wildman–Crippen MR) is 84.6 cm³/mol. The Morgan fingerprint density at radius 3 is 2.42 bits per heavy atom. The van der Waals surface area contributed by atoms with E-state index in [1.165, 1.54) is 18.2 Å². The minimum Gasteiger partial charge on any atom is -0.484 e. The number of benzene rings is 2. The second-order valence-corrected chi connectivity index (χ2v) is 6.03. The fourth-order valence-corrected chi connectivity index (χ4v) is 2.39. The van der Waals surface area contributed by atoms with E-state index in [1.807, 2.05) is 0 Å². The standard InChI is InChI=1S/C16H13BrF3NO3/c17-10-4-5-14(15(6-10)23-13-8-21-9-13)22-11-2-1-3-12(7-11)24-16(18,19)20/h1-7,13,21H,8-9H2. The zero-order valence-electron chi connectivity index (χ0n) is 12.3. The maximum Gasteiger partial charge on any atom is 0.573 e. The summed E-state index contributed by atoms with van der Waals surface area (Å²) in [5, 5.41) is 3.09. The molecule has 0 spiro atoms. The van der Waals surface area contributed by atoms with E-state index in [2.05, 4.69) is 26.0 Å². The molecule has 3 rings (SSSR count). The van der Waals surface area contributed by atoms with Crippen LogP contribution in [0.5, 0.6) is 23.0 Å². The van der Waals surface area contributed by atoms with Gasteiger partial charge in [0.05, 0.1) is 0 Å². The lowest BCUT2D eigenvalue weighted by Gasteiger charge is -2.28. The van der Waals surface area contributed by atoms with Crippen molar-refractivity contribution < 1.29 is 27.4 Å². The molecule has 0 saturated carbocycles. The smallest absolute Gasteiger partial charge is 0.484 e. The lowest BCUT2D eigenvalue weighted by Crippen LogP contribution is -2.50. The Morgan fingerprint density at radius 2 is 1.75 bits per heavy atom. The molecule has 2 aromatic rings. The van der Waals surface area contributed by atoms with Gasteiger partial charge in [-0.1, -0.05) is 22.0 Å². The first kappa shape index (κ1) is 16.9. The number of hydrogen-bond donors (Lipinski definition) is 1. The summed E-state index contributed by atoms with van der Waals surface area (Å²) < 4.78 is 53.1. The van der Waals surface area contributed by atoms with Gasteiger partial charge in [0.15, 0.2) is 11.5 Å². The van der Waals surface area contributed by atoms with Crippen molar-refractivity contribution in [2.24, 2.45) is 0 Å². The molecule has 0 aliphatic carbocycles. The molecule has 1 aliphatic rings. The number of hydrogen-bond acceptors (Lipinski definition) is 4. The minimum atomic E-state index is -4.75. The van der Waals surface area contributed by atoms with Crippen molar-refractivity contribution in [1.82, 2.24) is 5.32 Å². The number of alkyl halides is 3. The van der Waals surface area contributed by atoms with Gasteiger partial charge < -0.3 is 19.5 Å². The fraction of sp³-hybridized carbons (Fsp3) is 0.250. The van der Waals surface area contributed by atoms with E-state index < -0.39 is 6.36 Å². The highest BCUT2D eigenvalue weighted by molar-refractivity contribution is 9.10. The van der Waals surface area contributed by atoms with E-state index in [1.54, 1.807) is 24.3 Å². The monoisotopic (exact) mass is 403 g/mol. The molecule has 4 nitrogen and oxygen atoms in total. The minimum absolute atomic E-state index is 0.0431. The Hall–Kier alpha value is -1.93. The normalized spacial score (nSPS) is 14.8. The Bertz CT molecular complexity index is 720. The zero-order chi connectivity index (χ0) is 17.2. The molecule has 2 aromatic carbocycles. The van der Waals surface area contributed by atoms with Gasteiger partial charge in [-0.25, -0.2) is 0 Å². The summed E-state index contributed by atoms with van der Waals surface area (Å²) in [5.74, 6) is 0.797. The van der Waals surface area contributed by atoms with E-state index in [4.69, 9.17) is 9.47 Å². The zero-order valence-corrected chi connectivity index (χ0v) is 13.9. The van der Waals surface area contributed by atoms with E-state index in [9.17, 15) is 13.2 Å². The van der Waals surface area contributed by atoms with E-state index in [-0.39, 0.29) is 17.6 Å². The summed E-state index contributed by atoms with van der Waals surface area (Å²) in [6.07, 6.45) is -4.71. The van der Waals surface area contributed by atoms with Gasteiger partial charge in [0.2, 0.25) is 0 Å². The third-order valence-corrected chi connectivity index (χ3v) is 3.70. The fourth-order valence-electron chi connectivity index (χ4n) is 2.05. The van der Waals surface area contributed by atoms with Crippen LogP contribution < -0.4 is 19.5 Å². The van der Waals surface area contributed by atoms with Crippen LogP contribution in [0, 0.1) is 0 Å². The predicted octanol–water partition coefficient (Wildman–Crippen LogP) is 4.49. The van der Waals surface area contributed by atoms with Crippen molar-refractivity contribution in [3.05, 3.63) is 46.9 Å². The van der Waals surface area contributed by atoms with E-state index in [0.717, 1.165) is 17.6 Å². The SMILES string of the molecule is FC(F)(F)Oc1cccc(Oc2ccc(Br)cc2OC2CNC2)c1. The van der Waals surface area contributed by atoms with Gasteiger partial charge in [-0.3, -0.25) is 0 Å². The Labute approximate surface area is 144 Å². The molecule has 0 aromatic heterocycles. The number of nitrogens with one attached hydrogen (secondary N) is 1. The molecule has 0 radical (unpaired) electrons. The molecule has 1 heterocycles. The molecular weight excluding hydrogens is 391 g/mol. The second-order valence-electron chi connectivity index (χ2n) is 5.11. The van der Waals surface area contributed by atoms with Crippen LogP contribution in [0.3, 0.4) is 0 Å². The third-order valence-electron chi connectivity index (χ3n) is 3.21. The van der Waals surface area contributed by atoms with Crippen LogP contribution in [-0.4, -0.2) is 25.6 Å². The van der Waals surface area contributed by atoms with Crippen LogP contribution in [0.15, 0.2) is 46.9 Å². The first-order valence-corrected chi connectivity index (χ1v) is 7.89. The molecule has 1 N–H and O–H groups in total. The molecule has 0 atom stereocenters. The second kappa shape index (κ2) is 6.90. The Kier molecular flexibility index (Phi) is 4.86. The van der Waals surface area contributed by atoms with E-state index >= 15 is 0 Å². The first-order valence-electron chi connectivity index (χ1n) is 7.10. The number of halogens is 4. The van der Waals surface area contributed by atoms with Gasteiger partial charge >= 0.3 is 6.36 Å². The van der Waals surface area contributed by atoms with Gasteiger partial charge in [-0.15, -0.1) is 13.2 Å². The van der Waals surface area contributed by atoms with Crippen LogP contribution in [0.4, 0.5) is 13.2 Å². The molecule has 1 aliphatic heterocycles. The summed E-state index contributed by atoms with van der Waals surface area (Å²) in [6, 6.07) is 10.5. The summed E-state index contributed by atoms with van der Waals surface area (Å²) in [5.41, 5.74) is 0. The summed E-state index contributed by atoms with van der Waals surface area (Å²) in [4.78, 5) is 0. The van der Waals surface area contributed by atoms with Crippen LogP contribution in [0.2, 0.25) is 0 Å². The van der Waals surface area contributed by atoms with Gasteiger partial charge in [0, 0.05) is 23.6 Å². The largest absolute Gasteiger partial charge is 0.573 e. The summed E-state index contributed by atoms with van der Waals surface area (Å²) in [6.45, 7) is 1.47. The molecule has 0 unspecified atom stereocenters. The quantitative estimate of drug-likeness (QED) is 0.798. The molecule has 0 bridgehead atoms. The van der Waals surface area contributed by atoms with Crippen molar-refractivity contribution in [1.29, 1.82) is 0 Å². The van der Waals surface area contributed by atoms with Crippen LogP contribution in [-0.2, 0) is 0 Å². The van der Waals surface area contributed by atoms with Gasteiger partial charge in [-0.2, -0.15) is 0 Å². The summed E-state index contributed by atoms with van der Waals surface area (Å²) >= 11 is 3.36. The molecular formula is C16H13BrF3NO3. The van der Waals surface area contributed by atoms with Crippen molar-refractivity contribution in [2.75, 3.05) is 13.1 Å². The Balaban J connectivity index is 1.79. The maximum absolute atomic E-state index is 12.3. The number of ether oxygens (including phenoxy) is 3. The third kappa shape index (κ3) is 4.55. The molecule has 1 fully saturated rings. The van der Waals surface area contributed by atoms with Crippen molar-refractivity contribution >= 4 is 15.9 Å². The van der Waals surface area contributed by atoms with Gasteiger partial charge in [0.1, 0.15) is 17.6 Å². The lowest BCUT2D eigenvalue weighted by molar-refractivity contribution is -0.274. The Morgan fingerprint density at radius 1 is 1.00 bits per heavy atom. The van der Waals surface area contributed by atoms with Crippen molar-refractivity contribution in [3.8, 4) is 23.0 Å². The van der Waals surface area contributed by atoms with Crippen molar-refractivity contribution in [3.63, 3.8) is 0 Å². The molecule has 1 saturated heterocycles. The highest BCUT2D eigenvalue weighted by atomic mass is 79.9. The van der Waals surface area contributed by atoms with Crippen molar-refractivity contribution in [2.45, 2.75) is 12.5 Å². The van der Waals surface area contributed by atoms with Gasteiger partial charge in [0.25, 0.3) is 0 Å². The lowest BCUT2D eigenvalue weighted by atomic mass is 10.2.